The molecular weight excluding hydrogens is 413 g/mol. The summed E-state index contributed by atoms with van der Waals surface area (Å²) in [5, 5.41) is 11.4. The smallest absolute Gasteiger partial charge is 0.191 e. The van der Waals surface area contributed by atoms with Gasteiger partial charge in [0, 0.05) is 36.9 Å². The van der Waals surface area contributed by atoms with E-state index in [1.807, 2.05) is 50.6 Å². The Kier molecular flexibility index (Phi) is 8.26. The minimum absolute atomic E-state index is 0. The monoisotopic (exact) mass is 433 g/mol. The SMILES string of the molecule is CCNC(=NCc1cnn(C)c1)NCc1ccccc1Cl.I. The molecule has 0 bridgehead atoms. The molecule has 120 valence electrons. The summed E-state index contributed by atoms with van der Waals surface area (Å²) in [5.74, 6) is 0.765. The number of nitrogens with zero attached hydrogens (tertiary/aromatic N) is 3. The van der Waals surface area contributed by atoms with Crippen molar-refractivity contribution in [1.82, 2.24) is 20.4 Å². The van der Waals surface area contributed by atoms with E-state index in [9.17, 15) is 0 Å². The summed E-state index contributed by atoms with van der Waals surface area (Å²) >= 11 is 6.15. The normalized spacial score (nSPS) is 11.0. The molecule has 0 amide bonds. The molecule has 1 aromatic carbocycles. The number of guanidine groups is 1. The van der Waals surface area contributed by atoms with Crippen LogP contribution in [-0.2, 0) is 20.1 Å². The number of hydrogen-bond acceptors (Lipinski definition) is 2. The topological polar surface area (TPSA) is 54.2 Å². The molecule has 0 spiro atoms. The maximum atomic E-state index is 6.15. The summed E-state index contributed by atoms with van der Waals surface area (Å²) in [5.41, 5.74) is 2.12. The zero-order valence-electron chi connectivity index (χ0n) is 12.7. The Balaban J connectivity index is 0.00000242. The third-order valence-electron chi connectivity index (χ3n) is 2.93. The van der Waals surface area contributed by atoms with Gasteiger partial charge in [-0.2, -0.15) is 5.10 Å². The Morgan fingerprint density at radius 3 is 2.73 bits per heavy atom. The van der Waals surface area contributed by atoms with Crippen molar-refractivity contribution in [3.63, 3.8) is 0 Å². The lowest BCUT2D eigenvalue weighted by Crippen LogP contribution is -2.36. The summed E-state index contributed by atoms with van der Waals surface area (Å²) in [4.78, 5) is 4.54. The molecule has 2 N–H and O–H groups in total. The third-order valence-corrected chi connectivity index (χ3v) is 3.30. The van der Waals surface area contributed by atoms with Gasteiger partial charge in [0.05, 0.1) is 12.7 Å². The predicted molar refractivity (Wildman–Crippen MR) is 102 cm³/mol. The summed E-state index contributed by atoms with van der Waals surface area (Å²) in [6, 6.07) is 7.79. The van der Waals surface area contributed by atoms with Gasteiger partial charge in [-0.25, -0.2) is 4.99 Å². The first-order chi connectivity index (χ1) is 10.2. The Morgan fingerprint density at radius 2 is 2.09 bits per heavy atom. The Labute approximate surface area is 153 Å². The van der Waals surface area contributed by atoms with Gasteiger partial charge in [-0.05, 0) is 18.6 Å². The van der Waals surface area contributed by atoms with Crippen LogP contribution in [0.2, 0.25) is 5.02 Å². The molecule has 2 rings (SSSR count). The van der Waals surface area contributed by atoms with Gasteiger partial charge < -0.3 is 10.6 Å². The van der Waals surface area contributed by atoms with Crippen molar-refractivity contribution in [3.05, 3.63) is 52.8 Å². The van der Waals surface area contributed by atoms with Crippen molar-refractivity contribution in [3.8, 4) is 0 Å². The highest BCUT2D eigenvalue weighted by molar-refractivity contribution is 14.0. The number of halogens is 2. The summed E-state index contributed by atoms with van der Waals surface area (Å²) in [7, 11) is 1.90. The first-order valence-electron chi connectivity index (χ1n) is 6.92. The highest BCUT2D eigenvalue weighted by atomic mass is 127. The van der Waals surface area contributed by atoms with Crippen molar-refractivity contribution in [2.75, 3.05) is 6.54 Å². The number of aryl methyl sites for hydroxylation is 1. The van der Waals surface area contributed by atoms with Crippen LogP contribution in [0.1, 0.15) is 18.1 Å². The molecule has 1 aromatic heterocycles. The second-order valence-corrected chi connectivity index (χ2v) is 5.07. The number of rotatable bonds is 5. The van der Waals surface area contributed by atoms with E-state index in [0.717, 1.165) is 28.7 Å². The highest BCUT2D eigenvalue weighted by Crippen LogP contribution is 2.14. The minimum atomic E-state index is 0. The fourth-order valence-corrected chi connectivity index (χ4v) is 2.09. The Morgan fingerprint density at radius 1 is 1.32 bits per heavy atom. The molecule has 0 saturated heterocycles. The lowest BCUT2D eigenvalue weighted by atomic mass is 10.2. The zero-order chi connectivity index (χ0) is 15.1. The number of benzene rings is 1. The maximum absolute atomic E-state index is 6.15. The van der Waals surface area contributed by atoms with Crippen molar-refractivity contribution in [1.29, 1.82) is 0 Å². The average molecular weight is 434 g/mol. The quantitative estimate of drug-likeness (QED) is 0.433. The number of aliphatic imine (C=N–C) groups is 1. The maximum Gasteiger partial charge on any atom is 0.191 e. The molecule has 22 heavy (non-hydrogen) atoms. The molecule has 0 radical (unpaired) electrons. The van der Waals surface area contributed by atoms with E-state index in [4.69, 9.17) is 11.6 Å². The summed E-state index contributed by atoms with van der Waals surface area (Å²) < 4.78 is 1.77. The van der Waals surface area contributed by atoms with Gasteiger partial charge in [0.2, 0.25) is 0 Å². The molecule has 7 heteroatoms. The molecule has 0 unspecified atom stereocenters. The standard InChI is InChI=1S/C15H20ClN5.HI/c1-3-17-15(18-8-12-9-20-21(2)11-12)19-10-13-6-4-5-7-14(13)16;/h4-7,9,11H,3,8,10H2,1-2H3,(H2,17,18,19);1H. The van der Waals surface area contributed by atoms with Crippen LogP contribution < -0.4 is 10.6 Å². The molecule has 0 aliphatic rings. The largest absolute Gasteiger partial charge is 0.357 e. The van der Waals surface area contributed by atoms with Crippen LogP contribution in [0.3, 0.4) is 0 Å². The van der Waals surface area contributed by atoms with Gasteiger partial charge in [-0.3, -0.25) is 4.68 Å². The summed E-state index contributed by atoms with van der Waals surface area (Å²) in [6.07, 6.45) is 3.78. The summed E-state index contributed by atoms with van der Waals surface area (Å²) in [6.45, 7) is 4.07. The molecule has 0 fully saturated rings. The van der Waals surface area contributed by atoms with Gasteiger partial charge in [-0.15, -0.1) is 24.0 Å². The number of aromatic nitrogens is 2. The highest BCUT2D eigenvalue weighted by Gasteiger charge is 2.02. The van der Waals surface area contributed by atoms with Gasteiger partial charge in [0.15, 0.2) is 5.96 Å². The molecule has 0 atom stereocenters. The molecule has 0 saturated carbocycles. The van der Waals surface area contributed by atoms with Crippen LogP contribution in [0.4, 0.5) is 0 Å². The fourth-order valence-electron chi connectivity index (χ4n) is 1.89. The van der Waals surface area contributed by atoms with Gasteiger partial charge in [0.1, 0.15) is 0 Å². The van der Waals surface area contributed by atoms with Gasteiger partial charge in [0.25, 0.3) is 0 Å². The van der Waals surface area contributed by atoms with Crippen LogP contribution in [0, 0.1) is 0 Å². The third kappa shape index (κ3) is 5.84. The Hall–Kier alpha value is -1.28. The number of nitrogens with one attached hydrogen (secondary N) is 2. The van der Waals surface area contributed by atoms with E-state index in [1.165, 1.54) is 0 Å². The molecule has 0 aliphatic heterocycles. The first-order valence-corrected chi connectivity index (χ1v) is 7.30. The van der Waals surface area contributed by atoms with Crippen molar-refractivity contribution < 1.29 is 0 Å². The van der Waals surface area contributed by atoms with E-state index < -0.39 is 0 Å². The van der Waals surface area contributed by atoms with Gasteiger partial charge in [-0.1, -0.05) is 29.8 Å². The van der Waals surface area contributed by atoms with E-state index in [1.54, 1.807) is 4.68 Å². The molecular formula is C15H21ClIN5. The van der Waals surface area contributed by atoms with Crippen molar-refractivity contribution in [2.45, 2.75) is 20.0 Å². The van der Waals surface area contributed by atoms with Crippen LogP contribution in [0.15, 0.2) is 41.7 Å². The molecule has 5 nitrogen and oxygen atoms in total. The molecule has 0 aliphatic carbocycles. The van der Waals surface area contributed by atoms with Crippen molar-refractivity contribution in [2.24, 2.45) is 12.0 Å². The molecule has 1 heterocycles. The van der Waals surface area contributed by atoms with Crippen LogP contribution in [-0.4, -0.2) is 22.3 Å². The van der Waals surface area contributed by atoms with Crippen molar-refractivity contribution >= 4 is 41.5 Å². The van der Waals surface area contributed by atoms with Gasteiger partial charge >= 0.3 is 0 Å². The zero-order valence-corrected chi connectivity index (χ0v) is 15.8. The van der Waals surface area contributed by atoms with E-state index in [2.05, 4.69) is 20.7 Å². The minimum Gasteiger partial charge on any atom is -0.357 e. The predicted octanol–water partition coefficient (Wildman–Crippen LogP) is 2.95. The fraction of sp³-hybridized carbons (Fsp3) is 0.333. The number of hydrogen-bond donors (Lipinski definition) is 2. The van der Waals surface area contributed by atoms with Crippen LogP contribution in [0.25, 0.3) is 0 Å². The second-order valence-electron chi connectivity index (χ2n) is 4.66. The van der Waals surface area contributed by atoms with E-state index in [0.29, 0.717) is 13.1 Å². The van der Waals surface area contributed by atoms with Crippen LogP contribution in [0.5, 0.6) is 0 Å². The lowest BCUT2D eigenvalue weighted by Gasteiger charge is -2.11. The average Bonchev–Trinajstić information content (AvgIpc) is 2.89. The van der Waals surface area contributed by atoms with Crippen LogP contribution >= 0.6 is 35.6 Å². The first kappa shape index (κ1) is 18.8. The molecule has 2 aromatic rings. The second kappa shape index (κ2) is 9.68. The van der Waals surface area contributed by atoms with E-state index >= 15 is 0 Å². The van der Waals surface area contributed by atoms with E-state index in [-0.39, 0.29) is 24.0 Å². The lowest BCUT2D eigenvalue weighted by molar-refractivity contribution is 0.766. The Bertz CT molecular complexity index is 611.